The summed E-state index contributed by atoms with van der Waals surface area (Å²) >= 11 is 0. The van der Waals surface area contributed by atoms with Gasteiger partial charge in [0.05, 0.1) is 0 Å². The van der Waals surface area contributed by atoms with Crippen LogP contribution in [0.2, 0.25) is 0 Å². The van der Waals surface area contributed by atoms with Crippen LogP contribution in [0.1, 0.15) is 13.3 Å². The first-order valence-electron chi connectivity index (χ1n) is 2.73. The lowest BCUT2D eigenvalue weighted by atomic mass is 10.2. The van der Waals surface area contributed by atoms with Crippen molar-refractivity contribution >= 4 is 11.8 Å². The van der Waals surface area contributed by atoms with Crippen LogP contribution in [0.15, 0.2) is 0 Å². The van der Waals surface area contributed by atoms with Crippen molar-refractivity contribution in [3.05, 3.63) is 0 Å². The molecule has 0 aliphatic heterocycles. The molecule has 0 radical (unpaired) electrons. The van der Waals surface area contributed by atoms with Gasteiger partial charge in [-0.1, -0.05) is 0 Å². The van der Waals surface area contributed by atoms with E-state index in [2.05, 4.69) is 10.7 Å². The number of hydrogen-bond donors (Lipinski definition) is 2. The molecule has 0 heterocycles. The van der Waals surface area contributed by atoms with E-state index in [1.807, 2.05) is 0 Å². The van der Waals surface area contributed by atoms with Gasteiger partial charge in [0.15, 0.2) is 0 Å². The number of hydrogen-bond acceptors (Lipinski definition) is 5. The molecule has 0 bridgehead atoms. The van der Waals surface area contributed by atoms with Gasteiger partial charge in [0.2, 0.25) is 0 Å². The molecule has 5 nitrogen and oxygen atoms in total. The highest BCUT2D eigenvalue weighted by molar-refractivity contribution is 5.84. The summed E-state index contributed by atoms with van der Waals surface area (Å²) < 4.78 is 0. The van der Waals surface area contributed by atoms with Crippen LogP contribution < -0.4 is 11.6 Å². The molecular weight excluding hydrogens is 136 g/mol. The number of nitrogens with two attached hydrogens (primary N) is 2. The third kappa shape index (κ3) is 3.16. The lowest BCUT2D eigenvalue weighted by molar-refractivity contribution is -0.146. The molecule has 0 aromatic carbocycles. The molecule has 0 fully saturated rings. The van der Waals surface area contributed by atoms with E-state index >= 15 is 0 Å². The Bertz CT molecular complexity index is 146. The minimum absolute atomic E-state index is 0.0317. The average Bonchev–Trinajstić information content (AvgIpc) is 1.85. The van der Waals surface area contributed by atoms with Crippen molar-refractivity contribution in [3.63, 3.8) is 0 Å². The highest BCUT2D eigenvalue weighted by Gasteiger charge is 2.15. The molecule has 58 valence electrons. The van der Waals surface area contributed by atoms with Crippen LogP contribution in [0.3, 0.4) is 0 Å². The zero-order valence-corrected chi connectivity index (χ0v) is 5.66. The fraction of sp³-hybridized carbons (Fsp3) is 0.600. The van der Waals surface area contributed by atoms with Gasteiger partial charge in [-0.15, -0.1) is 0 Å². The first-order chi connectivity index (χ1) is 4.57. The molecule has 0 aliphatic rings. The maximum atomic E-state index is 10.4. The zero-order valence-electron chi connectivity index (χ0n) is 5.66. The van der Waals surface area contributed by atoms with Gasteiger partial charge < -0.3 is 10.6 Å². The topological polar surface area (TPSA) is 95.4 Å². The van der Waals surface area contributed by atoms with Crippen LogP contribution in [0.4, 0.5) is 0 Å². The van der Waals surface area contributed by atoms with Gasteiger partial charge in [0.25, 0.3) is 0 Å². The maximum absolute atomic E-state index is 10.4. The molecule has 4 N–H and O–H groups in total. The van der Waals surface area contributed by atoms with E-state index in [1.165, 1.54) is 6.92 Å². The fourth-order valence-corrected chi connectivity index (χ4v) is 0.480. The SMILES string of the molecule is CC(=O)CC(N)C(=O)ON. The van der Waals surface area contributed by atoms with Crippen molar-refractivity contribution in [2.75, 3.05) is 0 Å². The number of rotatable bonds is 3. The van der Waals surface area contributed by atoms with E-state index in [9.17, 15) is 9.59 Å². The van der Waals surface area contributed by atoms with Crippen LogP contribution in [0.25, 0.3) is 0 Å². The van der Waals surface area contributed by atoms with Gasteiger partial charge in [0.1, 0.15) is 11.8 Å². The normalized spacial score (nSPS) is 12.3. The van der Waals surface area contributed by atoms with Gasteiger partial charge in [-0.25, -0.2) is 4.79 Å². The van der Waals surface area contributed by atoms with Crippen LogP contribution in [-0.4, -0.2) is 17.8 Å². The first-order valence-corrected chi connectivity index (χ1v) is 2.73. The Kier molecular flexibility index (Phi) is 3.60. The number of carbonyl (C=O) groups is 2. The molecule has 10 heavy (non-hydrogen) atoms. The molecule has 0 aliphatic carbocycles. The van der Waals surface area contributed by atoms with Gasteiger partial charge >= 0.3 is 5.97 Å². The maximum Gasteiger partial charge on any atom is 0.341 e. The fourth-order valence-electron chi connectivity index (χ4n) is 0.480. The molecular formula is C5H10N2O3. The Morgan fingerprint density at radius 1 is 1.60 bits per heavy atom. The van der Waals surface area contributed by atoms with E-state index in [-0.39, 0.29) is 12.2 Å². The summed E-state index contributed by atoms with van der Waals surface area (Å²) in [6.07, 6.45) is -0.0317. The molecule has 0 amide bonds. The minimum atomic E-state index is -0.928. The molecule has 0 saturated carbocycles. The first kappa shape index (κ1) is 9.06. The van der Waals surface area contributed by atoms with Crippen LogP contribution >= 0.6 is 0 Å². The Morgan fingerprint density at radius 3 is 2.40 bits per heavy atom. The predicted octanol–water partition coefficient (Wildman–Crippen LogP) is -1.29. The molecule has 0 rings (SSSR count). The van der Waals surface area contributed by atoms with Gasteiger partial charge in [0, 0.05) is 6.42 Å². The molecule has 5 heteroatoms. The van der Waals surface area contributed by atoms with E-state index in [0.29, 0.717) is 0 Å². The lowest BCUT2D eigenvalue weighted by Crippen LogP contribution is -2.35. The molecule has 0 spiro atoms. The zero-order chi connectivity index (χ0) is 8.15. The second-order valence-corrected chi connectivity index (χ2v) is 1.95. The summed E-state index contributed by atoms with van der Waals surface area (Å²) in [5.74, 6) is 3.57. The Hall–Kier alpha value is -0.940. The van der Waals surface area contributed by atoms with Gasteiger partial charge in [-0.2, -0.15) is 5.90 Å². The van der Waals surface area contributed by atoms with Crippen molar-refractivity contribution in [1.29, 1.82) is 0 Å². The third-order valence-corrected chi connectivity index (χ3v) is 0.926. The second-order valence-electron chi connectivity index (χ2n) is 1.95. The van der Waals surface area contributed by atoms with Crippen LogP contribution in [-0.2, 0) is 14.4 Å². The number of ketones is 1. The smallest absolute Gasteiger partial charge is 0.341 e. The summed E-state index contributed by atoms with van der Waals surface area (Å²) in [5.41, 5.74) is 5.15. The van der Waals surface area contributed by atoms with Crippen LogP contribution in [0, 0.1) is 0 Å². The van der Waals surface area contributed by atoms with E-state index < -0.39 is 12.0 Å². The molecule has 0 saturated heterocycles. The minimum Gasteiger partial charge on any atom is -0.372 e. The summed E-state index contributed by atoms with van der Waals surface area (Å²) in [5, 5.41) is 0. The van der Waals surface area contributed by atoms with Crippen molar-refractivity contribution in [2.45, 2.75) is 19.4 Å². The van der Waals surface area contributed by atoms with E-state index in [1.54, 1.807) is 0 Å². The predicted molar refractivity (Wildman–Crippen MR) is 33.6 cm³/mol. The number of Topliss-reactive ketones (excluding diaryl/α,β-unsaturated/α-hetero) is 1. The standard InChI is InChI=1S/C5H10N2O3/c1-3(8)2-4(6)5(9)10-7/h4H,2,6-7H2,1H3. The molecule has 1 unspecified atom stereocenters. The monoisotopic (exact) mass is 146 g/mol. The highest BCUT2D eigenvalue weighted by atomic mass is 16.7. The molecule has 0 aromatic heterocycles. The van der Waals surface area contributed by atoms with E-state index in [0.717, 1.165) is 0 Å². The largest absolute Gasteiger partial charge is 0.372 e. The number of carbonyl (C=O) groups excluding carboxylic acids is 2. The highest BCUT2D eigenvalue weighted by Crippen LogP contribution is 1.90. The Morgan fingerprint density at radius 2 is 2.10 bits per heavy atom. The quantitative estimate of drug-likeness (QED) is 0.483. The Labute approximate surface area is 58.3 Å². The summed E-state index contributed by atoms with van der Waals surface area (Å²) in [6, 6.07) is -0.928. The van der Waals surface area contributed by atoms with Crippen molar-refractivity contribution in [1.82, 2.24) is 0 Å². The summed E-state index contributed by atoms with van der Waals surface area (Å²) in [7, 11) is 0. The summed E-state index contributed by atoms with van der Waals surface area (Å²) in [4.78, 5) is 24.6. The van der Waals surface area contributed by atoms with E-state index in [4.69, 9.17) is 5.73 Å². The lowest BCUT2D eigenvalue weighted by Gasteiger charge is -2.04. The van der Waals surface area contributed by atoms with Crippen LogP contribution in [0.5, 0.6) is 0 Å². The van der Waals surface area contributed by atoms with Gasteiger partial charge in [-0.3, -0.25) is 4.79 Å². The summed E-state index contributed by atoms with van der Waals surface area (Å²) in [6.45, 7) is 1.34. The Balaban J connectivity index is 3.72. The average molecular weight is 146 g/mol. The third-order valence-electron chi connectivity index (χ3n) is 0.926. The molecule has 0 aromatic rings. The molecule has 1 atom stereocenters. The van der Waals surface area contributed by atoms with Crippen molar-refractivity contribution in [2.24, 2.45) is 11.6 Å². The van der Waals surface area contributed by atoms with Gasteiger partial charge in [-0.05, 0) is 6.92 Å². The van der Waals surface area contributed by atoms with Crippen molar-refractivity contribution in [3.8, 4) is 0 Å². The second kappa shape index (κ2) is 3.97. The van der Waals surface area contributed by atoms with Crippen molar-refractivity contribution < 1.29 is 14.4 Å².